The third-order valence-corrected chi connectivity index (χ3v) is 0. The van der Waals surface area contributed by atoms with E-state index >= 15 is 0 Å². The summed E-state index contributed by atoms with van der Waals surface area (Å²) in [6.45, 7) is 0. The summed E-state index contributed by atoms with van der Waals surface area (Å²) in [4.78, 5) is 17.0. The molecular weight excluding hydrogens is 539 g/mol. The molecule has 0 saturated carbocycles. The minimum atomic E-state index is -3.63. The van der Waals surface area contributed by atoms with Crippen LogP contribution in [0.1, 0.15) is 0 Å². The van der Waals surface area contributed by atoms with E-state index in [9.17, 15) is 0 Å². The van der Waals surface area contributed by atoms with Crippen LogP contribution in [0.25, 0.3) is 0 Å². The predicted molar refractivity (Wildman–Crippen MR) is 73.0 cm³/mol. The van der Waals surface area contributed by atoms with E-state index in [0.29, 0.717) is 0 Å². The molecule has 0 aromatic carbocycles. The van der Waals surface area contributed by atoms with Gasteiger partial charge in [0, 0.05) is 9.17 Å². The van der Waals surface area contributed by atoms with Gasteiger partial charge < -0.3 is 18.8 Å². The van der Waals surface area contributed by atoms with Crippen molar-refractivity contribution in [2.75, 3.05) is 0 Å². The first-order valence-electron chi connectivity index (χ1n) is 0.612. The van der Waals surface area contributed by atoms with Crippen LogP contribution < -0.4 is 103 Å². The fraction of sp³-hybridized carbons (Fsp3) is 0. The number of hydrogen-bond acceptors (Lipinski definition) is 3. The molecule has 0 aliphatic rings. The van der Waals surface area contributed by atoms with Gasteiger partial charge >= 0.3 is 225 Å². The second kappa shape index (κ2) is 77.3. The summed E-state index contributed by atoms with van der Waals surface area (Å²) in [6.07, 6.45) is 0. The Bertz CT molecular complexity index is 62.6. The molecule has 0 aromatic heterocycles. The maximum atomic E-state index is 8.52. The van der Waals surface area contributed by atoms with Crippen molar-refractivity contribution in [3.63, 3.8) is 0 Å². The Morgan fingerprint density at radius 2 is 0.733 bits per heavy atom. The van der Waals surface area contributed by atoms with E-state index in [4.69, 9.17) is 14.1 Å². The van der Waals surface area contributed by atoms with E-state index < -0.39 is 9.17 Å². The van der Waals surface area contributed by atoms with Crippen LogP contribution in [0.15, 0.2) is 0 Å². The van der Waals surface area contributed by atoms with Gasteiger partial charge in [0.05, 0.1) is 0 Å². The van der Waals surface area contributed by atoms with Gasteiger partial charge in [-0.15, -0.1) is 0 Å². The second-order valence-corrected chi connectivity index (χ2v) is 0.750. The summed E-state index contributed by atoms with van der Waals surface area (Å²) in [5.41, 5.74) is 0. The van der Waals surface area contributed by atoms with Crippen molar-refractivity contribution >= 4 is 208 Å². The van der Waals surface area contributed by atoms with Gasteiger partial charge in [0.25, 0.3) is 0 Å². The Morgan fingerprint density at radius 3 is 0.733 bits per heavy atom. The van der Waals surface area contributed by atoms with Crippen molar-refractivity contribution < 1.29 is 107 Å². The molecule has 0 N–H and O–H groups in total. The molecule has 0 rings (SSSR count). The molecule has 70 valence electrons. The first-order valence-corrected chi connectivity index (χ1v) is 1.84. The summed E-state index contributed by atoms with van der Waals surface area (Å²) >= 11 is 0. The van der Waals surface area contributed by atoms with Crippen LogP contribution in [-0.4, -0.2) is 198 Å². The quantitative estimate of drug-likeness (QED) is 0.220. The third kappa shape index (κ3) is 125. The van der Waals surface area contributed by atoms with Gasteiger partial charge in [-0.3, -0.25) is 0 Å². The van der Waals surface area contributed by atoms with Crippen molar-refractivity contribution in [2.45, 2.75) is 0 Å². The molecule has 0 aromatic rings. The van der Waals surface area contributed by atoms with Gasteiger partial charge in [-0.1, -0.05) is 0 Å². The van der Waals surface area contributed by atoms with E-state index in [-0.39, 0.29) is 292 Å². The fourth-order valence-corrected chi connectivity index (χ4v) is 0. The van der Waals surface area contributed by atoms with E-state index in [0.717, 1.165) is 0 Å². The van der Waals surface area contributed by atoms with Crippen LogP contribution in [0.2, 0.25) is 0 Å². The van der Waals surface area contributed by atoms with Gasteiger partial charge in [-0.2, -0.15) is 9.90 Å². The maximum absolute atomic E-state index is 8.52. The summed E-state index contributed by atoms with van der Waals surface area (Å²) in [6, 6.07) is 0. The Morgan fingerprint density at radius 1 is 0.733 bits per heavy atom. The molecule has 15 heavy (non-hydrogen) atoms. The molecule has 0 amide bonds. The number of halogens is 1. The normalized spacial score (nSPS) is 1.60. The first kappa shape index (κ1) is 88.1. The topological polar surface area (TPSA) is 63.2 Å². The van der Waals surface area contributed by atoms with Crippen molar-refractivity contribution in [3.8, 4) is 0 Å². The van der Waals surface area contributed by atoms with Gasteiger partial charge in [0.15, 0.2) is 52.1 Å². The van der Waals surface area contributed by atoms with Gasteiger partial charge in [-0.05, 0) is 0 Å². The molecule has 1 atom stereocenters. The summed E-state index contributed by atoms with van der Waals surface area (Å²) in [5, 5.41) is 0. The van der Waals surface area contributed by atoms with Crippen molar-refractivity contribution in [2.24, 2.45) is 0 Å². The molecule has 3 nitrogen and oxygen atoms in total. The van der Waals surface area contributed by atoms with E-state index in [2.05, 4.69) is 0 Å². The van der Waals surface area contributed by atoms with E-state index in [1.54, 1.807) is 0 Å². The van der Waals surface area contributed by atoms with Crippen molar-refractivity contribution in [1.82, 2.24) is 0 Å². The zero-order valence-electron chi connectivity index (χ0n) is 5.81. The van der Waals surface area contributed by atoms with Gasteiger partial charge in [-0.25, -0.2) is 0 Å². The number of hydrogen-bond donors (Lipinski definition) is 0. The molecule has 0 heterocycles. The third-order valence-electron chi connectivity index (χ3n) is 0. The molecule has 0 spiro atoms. The fourth-order valence-electron chi connectivity index (χ4n) is 0. The van der Waals surface area contributed by atoms with Crippen LogP contribution in [0.5, 0.6) is 0 Å². The molecule has 0 saturated heterocycles. The zero-order chi connectivity index (χ0) is 3.58. The predicted octanol–water partition coefficient (Wildman–Crippen LogP) is -21.1. The molecule has 0 radical (unpaired) electrons. The van der Waals surface area contributed by atoms with Crippen molar-refractivity contribution in [1.29, 1.82) is 0 Å². The standard InChI is InChI=1S/3Al.FH.3Na.O3Si.H3P.3Sr.15H/c;;;;;;;1-4(2)3;;;;;;;;;;;;;;;;;;;/h;;;1H;;;;;1H3;;;;;;;;;;;;;;;;;;/q;;;;3*+1;-2;;;;;;;;;;;;;;;;;;;/p-1. The molecule has 0 fully saturated rings. The molecule has 0 aliphatic heterocycles. The molecule has 0 aliphatic carbocycles. The Labute approximate surface area is 305 Å². The van der Waals surface area contributed by atoms with E-state index in [1.165, 1.54) is 0 Å². The Kier molecular flexibility index (Phi) is 454. The molecule has 0 bridgehead atoms. The van der Waals surface area contributed by atoms with Gasteiger partial charge in [0.2, 0.25) is 0 Å². The van der Waals surface area contributed by atoms with Crippen molar-refractivity contribution in [3.05, 3.63) is 0 Å². The molecular formula is H18Al3FNa3O3PSiSr3. The SMILES string of the molecule is O=[Si]([O-])[O-].P.[AlH3].[AlH3].[AlH3].[F-].[Na+].[Na+].[Na+].[SrH2].[SrH2].[SrH2]. The Balaban J connectivity index is -0.000000000818. The Hall–Kier alpha value is 9.02. The second-order valence-electron chi connectivity index (χ2n) is 0.250. The monoisotopic (exact) mass is 558 g/mol. The molecule has 15 heteroatoms. The zero-order valence-corrected chi connectivity index (χ0v) is 14.2. The number of rotatable bonds is 0. The average molecular weight is 557 g/mol. The van der Waals surface area contributed by atoms with Gasteiger partial charge in [0.1, 0.15) is 0 Å². The van der Waals surface area contributed by atoms with Crippen LogP contribution in [0, 0.1) is 0 Å². The summed E-state index contributed by atoms with van der Waals surface area (Å²) < 4.78 is 8.52. The van der Waals surface area contributed by atoms with Crippen LogP contribution in [0.3, 0.4) is 0 Å². The van der Waals surface area contributed by atoms with E-state index in [1.807, 2.05) is 0 Å². The van der Waals surface area contributed by atoms with Crippen LogP contribution >= 0.6 is 9.90 Å². The van der Waals surface area contributed by atoms with Crippen LogP contribution in [0.4, 0.5) is 0 Å². The average Bonchev–Trinajstić information content (AvgIpc) is 0.811. The minimum absolute atomic E-state index is 0. The summed E-state index contributed by atoms with van der Waals surface area (Å²) in [5.74, 6) is 0. The van der Waals surface area contributed by atoms with Crippen LogP contribution in [-0.2, 0) is 4.46 Å². The summed E-state index contributed by atoms with van der Waals surface area (Å²) in [7, 11) is -3.63. The first-order chi connectivity index (χ1) is 1.73. The molecule has 1 unspecified atom stereocenters.